The molecule has 146 valence electrons. The van der Waals surface area contributed by atoms with Gasteiger partial charge in [0.15, 0.2) is 0 Å². The summed E-state index contributed by atoms with van der Waals surface area (Å²) in [4.78, 5) is 13.7. The highest BCUT2D eigenvalue weighted by Gasteiger charge is 2.45. The molecule has 0 aromatic heterocycles. The molecule has 10 heteroatoms. The maximum atomic E-state index is 13.9. The maximum absolute atomic E-state index is 13.9. The third kappa shape index (κ3) is 4.73. The van der Waals surface area contributed by atoms with Crippen molar-refractivity contribution >= 4 is 28.6 Å². The second kappa shape index (κ2) is 8.20. The number of halogens is 2. The number of hydrogen-bond acceptors (Lipinski definition) is 6. The number of ether oxygens (including phenoxy) is 1. The second-order valence-electron chi connectivity index (χ2n) is 6.29. The van der Waals surface area contributed by atoms with Crippen molar-refractivity contribution in [2.75, 3.05) is 26.7 Å². The lowest BCUT2D eigenvalue weighted by Crippen LogP contribution is -2.58. The topological polar surface area (TPSA) is 75.7 Å². The van der Waals surface area contributed by atoms with E-state index in [4.69, 9.17) is 4.74 Å². The molecule has 0 spiro atoms. The molecule has 1 aromatic carbocycles. The fourth-order valence-electron chi connectivity index (χ4n) is 2.81. The SMILES string of the molecule is CCOC(=O)[C@@H](NS(=O)(=O)c1ccc(F)cc1F)C1(S)CCN(C)CC1. The summed E-state index contributed by atoms with van der Waals surface area (Å²) >= 11 is 4.58. The van der Waals surface area contributed by atoms with Gasteiger partial charge in [0.25, 0.3) is 0 Å². The van der Waals surface area contributed by atoms with E-state index in [1.807, 2.05) is 11.9 Å². The normalized spacial score (nSPS) is 19.1. The maximum Gasteiger partial charge on any atom is 0.325 e. The van der Waals surface area contributed by atoms with Crippen LogP contribution in [0.1, 0.15) is 19.8 Å². The number of hydrogen-bond donors (Lipinski definition) is 2. The third-order valence-electron chi connectivity index (χ3n) is 4.37. The molecule has 0 saturated carbocycles. The van der Waals surface area contributed by atoms with Gasteiger partial charge in [0, 0.05) is 10.8 Å². The predicted octanol–water partition coefficient (Wildman–Crippen LogP) is 1.57. The average molecular weight is 408 g/mol. The van der Waals surface area contributed by atoms with E-state index in [2.05, 4.69) is 17.4 Å². The Kier molecular flexibility index (Phi) is 6.65. The summed E-state index contributed by atoms with van der Waals surface area (Å²) < 4.78 is 58.5. The third-order valence-corrected chi connectivity index (χ3v) is 6.53. The molecule has 1 heterocycles. The summed E-state index contributed by atoms with van der Waals surface area (Å²) in [5.74, 6) is -2.92. The molecule has 1 atom stereocenters. The molecule has 1 aromatic rings. The summed E-state index contributed by atoms with van der Waals surface area (Å²) in [6.07, 6.45) is 0.870. The van der Waals surface area contributed by atoms with Crippen molar-refractivity contribution in [2.45, 2.75) is 35.4 Å². The molecule has 6 nitrogen and oxygen atoms in total. The standard InChI is InChI=1S/C16H22F2N2O4S2/c1-3-24-15(21)14(16(25)6-8-20(2)9-7-16)19-26(22,23)13-5-4-11(17)10-12(13)18/h4-5,10,14,19,25H,3,6-9H2,1-2H3/t14-/m1/s1. The highest BCUT2D eigenvalue weighted by molar-refractivity contribution is 7.89. The summed E-state index contributed by atoms with van der Waals surface area (Å²) in [7, 11) is -2.52. The predicted molar refractivity (Wildman–Crippen MR) is 95.5 cm³/mol. The molecule has 1 fully saturated rings. The van der Waals surface area contributed by atoms with Gasteiger partial charge in [-0.15, -0.1) is 0 Å². The van der Waals surface area contributed by atoms with E-state index in [0.29, 0.717) is 32.0 Å². The number of carbonyl (C=O) groups excluding carboxylic acids is 1. The van der Waals surface area contributed by atoms with Crippen molar-refractivity contribution in [3.8, 4) is 0 Å². The van der Waals surface area contributed by atoms with E-state index < -0.39 is 43.3 Å². The molecule has 0 amide bonds. The molecular formula is C16H22F2N2O4S2. The van der Waals surface area contributed by atoms with Gasteiger partial charge in [0.2, 0.25) is 10.0 Å². The summed E-state index contributed by atoms with van der Waals surface area (Å²) in [5, 5.41) is 0. The molecule has 1 aliphatic heterocycles. The molecule has 26 heavy (non-hydrogen) atoms. The van der Waals surface area contributed by atoms with Crippen LogP contribution in [0.4, 0.5) is 8.78 Å². The highest BCUT2D eigenvalue weighted by Crippen LogP contribution is 2.33. The lowest BCUT2D eigenvalue weighted by atomic mass is 9.89. The van der Waals surface area contributed by atoms with Crippen LogP contribution in [0, 0.1) is 11.6 Å². The van der Waals surface area contributed by atoms with Crippen LogP contribution in [0.15, 0.2) is 23.1 Å². The Bertz CT molecular complexity index is 766. The fourth-order valence-corrected chi connectivity index (χ4v) is 4.59. The molecule has 0 radical (unpaired) electrons. The molecular weight excluding hydrogens is 386 g/mol. The number of thiol groups is 1. The molecule has 1 aliphatic rings. The van der Waals surface area contributed by atoms with Gasteiger partial charge in [-0.3, -0.25) is 4.79 Å². The summed E-state index contributed by atoms with van der Waals surface area (Å²) in [5.41, 5.74) is 0. The quantitative estimate of drug-likeness (QED) is 0.552. The minimum Gasteiger partial charge on any atom is -0.465 e. The number of nitrogens with one attached hydrogen (secondary N) is 1. The summed E-state index contributed by atoms with van der Waals surface area (Å²) in [6, 6.07) is 0.826. The Morgan fingerprint density at radius 3 is 2.54 bits per heavy atom. The number of sulfonamides is 1. The average Bonchev–Trinajstić information content (AvgIpc) is 2.55. The Morgan fingerprint density at radius 2 is 2.00 bits per heavy atom. The molecule has 0 aliphatic carbocycles. The first kappa shape index (κ1) is 21.1. The number of nitrogens with zero attached hydrogens (tertiary/aromatic N) is 1. The van der Waals surface area contributed by atoms with E-state index in [-0.39, 0.29) is 6.61 Å². The molecule has 1 N–H and O–H groups in total. The van der Waals surface area contributed by atoms with E-state index in [0.717, 1.165) is 12.1 Å². The summed E-state index contributed by atoms with van der Waals surface area (Å²) in [6.45, 7) is 2.90. The van der Waals surface area contributed by atoms with Gasteiger partial charge in [-0.25, -0.2) is 17.2 Å². The number of carbonyl (C=O) groups is 1. The van der Waals surface area contributed by atoms with Crippen LogP contribution in [0.2, 0.25) is 0 Å². The lowest BCUT2D eigenvalue weighted by Gasteiger charge is -2.41. The van der Waals surface area contributed by atoms with Gasteiger partial charge in [0.1, 0.15) is 22.6 Å². The van der Waals surface area contributed by atoms with Crippen LogP contribution in [-0.2, 0) is 19.6 Å². The molecule has 0 bridgehead atoms. The van der Waals surface area contributed by atoms with Crippen molar-refractivity contribution in [1.29, 1.82) is 0 Å². The van der Waals surface area contributed by atoms with Gasteiger partial charge < -0.3 is 9.64 Å². The van der Waals surface area contributed by atoms with Crippen LogP contribution in [0.3, 0.4) is 0 Å². The largest absolute Gasteiger partial charge is 0.465 e. The smallest absolute Gasteiger partial charge is 0.325 e. The van der Waals surface area contributed by atoms with E-state index in [1.165, 1.54) is 0 Å². The van der Waals surface area contributed by atoms with E-state index in [9.17, 15) is 22.0 Å². The fraction of sp³-hybridized carbons (Fsp3) is 0.562. The van der Waals surface area contributed by atoms with Crippen LogP contribution < -0.4 is 4.72 Å². The van der Waals surface area contributed by atoms with Crippen LogP contribution in [-0.4, -0.2) is 56.8 Å². The minimum atomic E-state index is -4.43. The van der Waals surface area contributed by atoms with Crippen molar-refractivity contribution < 1.29 is 26.7 Å². The van der Waals surface area contributed by atoms with Crippen LogP contribution in [0.5, 0.6) is 0 Å². The van der Waals surface area contributed by atoms with Gasteiger partial charge in [-0.2, -0.15) is 17.4 Å². The van der Waals surface area contributed by atoms with E-state index >= 15 is 0 Å². The molecule has 0 unspecified atom stereocenters. The zero-order chi connectivity index (χ0) is 19.5. The van der Waals surface area contributed by atoms with Crippen molar-refractivity contribution in [2.24, 2.45) is 0 Å². The minimum absolute atomic E-state index is 0.0612. The van der Waals surface area contributed by atoms with Crippen molar-refractivity contribution in [3.05, 3.63) is 29.8 Å². The van der Waals surface area contributed by atoms with Gasteiger partial charge in [-0.05, 0) is 52.0 Å². The van der Waals surface area contributed by atoms with Crippen molar-refractivity contribution in [3.63, 3.8) is 0 Å². The first-order valence-corrected chi connectivity index (χ1v) is 10.1. The Balaban J connectivity index is 2.35. The number of rotatable bonds is 6. The van der Waals surface area contributed by atoms with Gasteiger partial charge >= 0.3 is 5.97 Å². The van der Waals surface area contributed by atoms with Crippen LogP contribution in [0.25, 0.3) is 0 Å². The lowest BCUT2D eigenvalue weighted by molar-refractivity contribution is -0.146. The molecule has 2 rings (SSSR count). The Hall–Kier alpha value is -1.23. The number of esters is 1. The Labute approximate surface area is 157 Å². The highest BCUT2D eigenvalue weighted by atomic mass is 32.2. The zero-order valence-corrected chi connectivity index (χ0v) is 16.2. The zero-order valence-electron chi connectivity index (χ0n) is 14.5. The van der Waals surface area contributed by atoms with Crippen molar-refractivity contribution in [1.82, 2.24) is 9.62 Å². The van der Waals surface area contributed by atoms with E-state index in [1.54, 1.807) is 6.92 Å². The molecule has 1 saturated heterocycles. The first-order chi connectivity index (χ1) is 12.1. The second-order valence-corrected chi connectivity index (χ2v) is 8.86. The van der Waals surface area contributed by atoms with Gasteiger partial charge in [-0.1, -0.05) is 0 Å². The Morgan fingerprint density at radius 1 is 1.38 bits per heavy atom. The number of benzene rings is 1. The first-order valence-electron chi connectivity index (χ1n) is 8.14. The monoisotopic (exact) mass is 408 g/mol. The number of piperidine rings is 1. The number of likely N-dealkylation sites (tertiary alicyclic amines) is 1. The van der Waals surface area contributed by atoms with Crippen LogP contribution >= 0.6 is 12.6 Å². The van der Waals surface area contributed by atoms with Gasteiger partial charge in [0.05, 0.1) is 6.61 Å².